The predicted octanol–water partition coefficient (Wildman–Crippen LogP) is 3.17. The lowest BCUT2D eigenvalue weighted by atomic mass is 9.84. The van der Waals surface area contributed by atoms with E-state index >= 15 is 0 Å². The van der Waals surface area contributed by atoms with Crippen molar-refractivity contribution in [1.29, 1.82) is 0 Å². The van der Waals surface area contributed by atoms with Crippen molar-refractivity contribution in [3.8, 4) is 0 Å². The van der Waals surface area contributed by atoms with Crippen molar-refractivity contribution < 1.29 is 5.11 Å². The third kappa shape index (κ3) is 4.00. The van der Waals surface area contributed by atoms with E-state index in [-0.39, 0.29) is 5.54 Å². The number of nitrogens with zero attached hydrogens (tertiary/aromatic N) is 1. The molecule has 0 bridgehead atoms. The van der Waals surface area contributed by atoms with E-state index in [0.29, 0.717) is 18.6 Å². The number of aliphatic hydroxyl groups excluding tert-OH is 1. The number of aliphatic hydroxyl groups is 1. The molecule has 1 heterocycles. The predicted molar refractivity (Wildman–Crippen MR) is 89.5 cm³/mol. The van der Waals surface area contributed by atoms with Gasteiger partial charge < -0.3 is 10.4 Å². The highest BCUT2D eigenvalue weighted by atomic mass is 16.3. The fourth-order valence-electron chi connectivity index (χ4n) is 4.80. The van der Waals surface area contributed by atoms with Gasteiger partial charge in [-0.05, 0) is 58.4 Å². The molecule has 124 valence electrons. The van der Waals surface area contributed by atoms with Gasteiger partial charge in [0, 0.05) is 23.7 Å². The van der Waals surface area contributed by atoms with E-state index in [1.165, 1.54) is 45.1 Å². The minimum atomic E-state index is -0.0174. The third-order valence-electron chi connectivity index (χ3n) is 5.93. The molecular weight excluding hydrogens is 260 g/mol. The molecule has 0 aromatic carbocycles. The standard InChI is InChI=1S/C18H36N2O/c1-14(2)19-18(13-21)11-6-9-17(18)10-12-20-15(3)7-5-8-16(20)4/h14-17,19,21H,5-13H2,1-4H3/t15-,16+,17?,18?. The summed E-state index contributed by atoms with van der Waals surface area (Å²) in [5.74, 6) is 0.631. The zero-order chi connectivity index (χ0) is 15.5. The molecule has 2 aliphatic rings. The molecule has 1 aliphatic heterocycles. The Balaban J connectivity index is 1.94. The van der Waals surface area contributed by atoms with Crippen molar-refractivity contribution in [2.45, 2.75) is 96.3 Å². The van der Waals surface area contributed by atoms with E-state index in [1.54, 1.807) is 0 Å². The van der Waals surface area contributed by atoms with Crippen LogP contribution >= 0.6 is 0 Å². The highest BCUT2D eigenvalue weighted by Crippen LogP contribution is 2.38. The molecule has 0 aromatic heterocycles. The Morgan fingerprint density at radius 1 is 1.14 bits per heavy atom. The van der Waals surface area contributed by atoms with Gasteiger partial charge in [-0.25, -0.2) is 0 Å². The Hall–Kier alpha value is -0.120. The van der Waals surface area contributed by atoms with E-state index in [2.05, 4.69) is 37.9 Å². The lowest BCUT2D eigenvalue weighted by Gasteiger charge is -2.42. The normalized spacial score (nSPS) is 38.3. The van der Waals surface area contributed by atoms with Gasteiger partial charge in [0.05, 0.1) is 6.61 Å². The molecule has 0 aromatic rings. The molecule has 2 N–H and O–H groups in total. The number of likely N-dealkylation sites (tertiary alicyclic amines) is 1. The molecule has 4 atom stereocenters. The Kier molecular flexibility index (Phi) is 6.10. The van der Waals surface area contributed by atoms with Crippen LogP contribution < -0.4 is 5.32 Å². The van der Waals surface area contributed by atoms with E-state index < -0.39 is 0 Å². The SMILES string of the molecule is CC(C)NC1(CO)CCCC1CCN1[C@H](C)CCC[C@@H]1C. The molecule has 2 unspecified atom stereocenters. The van der Waals surface area contributed by atoms with Gasteiger partial charge in [0.25, 0.3) is 0 Å². The molecule has 1 aliphatic carbocycles. The summed E-state index contributed by atoms with van der Waals surface area (Å²) < 4.78 is 0. The minimum absolute atomic E-state index is 0.0174. The molecule has 3 nitrogen and oxygen atoms in total. The van der Waals surface area contributed by atoms with E-state index in [0.717, 1.165) is 18.5 Å². The summed E-state index contributed by atoms with van der Waals surface area (Å²) >= 11 is 0. The number of hydrogen-bond acceptors (Lipinski definition) is 3. The molecule has 21 heavy (non-hydrogen) atoms. The minimum Gasteiger partial charge on any atom is -0.394 e. The maximum Gasteiger partial charge on any atom is 0.0616 e. The average molecular weight is 296 g/mol. The van der Waals surface area contributed by atoms with Gasteiger partial charge in [-0.3, -0.25) is 4.90 Å². The van der Waals surface area contributed by atoms with Gasteiger partial charge in [0.1, 0.15) is 0 Å². The van der Waals surface area contributed by atoms with Crippen molar-refractivity contribution in [2.75, 3.05) is 13.2 Å². The van der Waals surface area contributed by atoms with Gasteiger partial charge in [-0.2, -0.15) is 0 Å². The second kappa shape index (κ2) is 7.43. The van der Waals surface area contributed by atoms with Crippen LogP contribution in [0.3, 0.4) is 0 Å². The zero-order valence-corrected chi connectivity index (χ0v) is 14.6. The molecule has 0 radical (unpaired) electrons. The van der Waals surface area contributed by atoms with Crippen LogP contribution in [-0.2, 0) is 0 Å². The average Bonchev–Trinajstić information content (AvgIpc) is 2.81. The lowest BCUT2D eigenvalue weighted by Crippen LogP contribution is -2.55. The van der Waals surface area contributed by atoms with Crippen molar-refractivity contribution in [1.82, 2.24) is 10.2 Å². The summed E-state index contributed by atoms with van der Waals surface area (Å²) in [5, 5.41) is 13.7. The first-order valence-corrected chi connectivity index (χ1v) is 9.13. The number of piperidine rings is 1. The van der Waals surface area contributed by atoms with Crippen molar-refractivity contribution >= 4 is 0 Å². The summed E-state index contributed by atoms with van der Waals surface area (Å²) in [6.07, 6.45) is 8.99. The van der Waals surface area contributed by atoms with E-state index in [9.17, 15) is 5.11 Å². The number of rotatable bonds is 6. The maximum absolute atomic E-state index is 10.0. The van der Waals surface area contributed by atoms with Crippen LogP contribution in [0.2, 0.25) is 0 Å². The lowest BCUT2D eigenvalue weighted by molar-refractivity contribution is 0.0708. The largest absolute Gasteiger partial charge is 0.394 e. The Bertz CT molecular complexity index is 310. The molecule has 1 saturated heterocycles. The van der Waals surface area contributed by atoms with Gasteiger partial charge in [0.2, 0.25) is 0 Å². The van der Waals surface area contributed by atoms with Gasteiger partial charge in [-0.15, -0.1) is 0 Å². The molecule has 0 amide bonds. The highest BCUT2D eigenvalue weighted by Gasteiger charge is 2.42. The first kappa shape index (κ1) is 17.2. The van der Waals surface area contributed by atoms with Crippen molar-refractivity contribution in [2.24, 2.45) is 5.92 Å². The fourth-order valence-corrected chi connectivity index (χ4v) is 4.80. The van der Waals surface area contributed by atoms with Crippen molar-refractivity contribution in [3.63, 3.8) is 0 Å². The molecular formula is C18H36N2O. The number of hydrogen-bond donors (Lipinski definition) is 2. The van der Waals surface area contributed by atoms with Gasteiger partial charge in [0.15, 0.2) is 0 Å². The first-order chi connectivity index (χ1) is 9.98. The van der Waals surface area contributed by atoms with Crippen LogP contribution in [0, 0.1) is 5.92 Å². The van der Waals surface area contributed by atoms with Gasteiger partial charge >= 0.3 is 0 Å². The molecule has 1 saturated carbocycles. The van der Waals surface area contributed by atoms with Crippen LogP contribution in [0.15, 0.2) is 0 Å². The first-order valence-electron chi connectivity index (χ1n) is 9.13. The molecule has 2 fully saturated rings. The molecule has 2 rings (SSSR count). The number of nitrogens with one attached hydrogen (secondary N) is 1. The second-order valence-corrected chi connectivity index (χ2v) is 7.86. The Morgan fingerprint density at radius 3 is 2.38 bits per heavy atom. The van der Waals surface area contributed by atoms with Crippen LogP contribution in [0.25, 0.3) is 0 Å². The maximum atomic E-state index is 10.0. The monoisotopic (exact) mass is 296 g/mol. The van der Waals surface area contributed by atoms with Crippen LogP contribution in [0.1, 0.15) is 72.6 Å². The summed E-state index contributed by atoms with van der Waals surface area (Å²) in [6.45, 7) is 10.7. The highest BCUT2D eigenvalue weighted by molar-refractivity contribution is 5.00. The second-order valence-electron chi connectivity index (χ2n) is 7.86. The van der Waals surface area contributed by atoms with Crippen LogP contribution in [0.4, 0.5) is 0 Å². The summed E-state index contributed by atoms with van der Waals surface area (Å²) in [7, 11) is 0. The van der Waals surface area contributed by atoms with E-state index in [1.807, 2.05) is 0 Å². The van der Waals surface area contributed by atoms with Gasteiger partial charge in [-0.1, -0.05) is 26.7 Å². The third-order valence-corrected chi connectivity index (χ3v) is 5.93. The quantitative estimate of drug-likeness (QED) is 0.790. The summed E-state index contributed by atoms with van der Waals surface area (Å²) in [6, 6.07) is 1.92. The summed E-state index contributed by atoms with van der Waals surface area (Å²) in [5.41, 5.74) is -0.0174. The molecule has 3 heteroatoms. The van der Waals surface area contributed by atoms with Crippen LogP contribution in [0.5, 0.6) is 0 Å². The smallest absolute Gasteiger partial charge is 0.0616 e. The van der Waals surface area contributed by atoms with Crippen molar-refractivity contribution in [3.05, 3.63) is 0 Å². The zero-order valence-electron chi connectivity index (χ0n) is 14.6. The topological polar surface area (TPSA) is 35.5 Å². The Morgan fingerprint density at radius 2 is 1.81 bits per heavy atom. The summed E-state index contributed by atoms with van der Waals surface area (Å²) in [4.78, 5) is 2.71. The fraction of sp³-hybridized carbons (Fsp3) is 1.00. The molecule has 0 spiro atoms. The Labute approximate surface area is 131 Å². The van der Waals surface area contributed by atoms with Crippen LogP contribution in [-0.4, -0.2) is 46.8 Å². The van der Waals surface area contributed by atoms with E-state index in [4.69, 9.17) is 0 Å².